The summed E-state index contributed by atoms with van der Waals surface area (Å²) in [6.07, 6.45) is 0. The van der Waals surface area contributed by atoms with Gasteiger partial charge in [-0.15, -0.1) is 0 Å². The maximum atomic E-state index is 2.37. The minimum atomic E-state index is -1.97. The van der Waals surface area contributed by atoms with Crippen LogP contribution in [0, 0.1) is 0 Å². The molecule has 0 aromatic heterocycles. The summed E-state index contributed by atoms with van der Waals surface area (Å²) in [5.41, 5.74) is 0. The molecular formula is C25H25OSn2+. The maximum absolute atomic E-state index is 2.37. The SMILES string of the molecule is [OH3+].c1cc[c]([Sn]([CH2][Sn]([c]2ccccc2)[c]2ccccc2)[c]2ccccc2)cc1. The Hall–Kier alpha value is -1.56. The zero-order valence-electron chi connectivity index (χ0n) is 15.8. The van der Waals surface area contributed by atoms with Crippen molar-refractivity contribution in [3.63, 3.8) is 0 Å². The molecule has 0 bridgehead atoms. The van der Waals surface area contributed by atoms with E-state index >= 15 is 0 Å². The first-order valence-electron chi connectivity index (χ1n) is 9.35. The molecule has 4 rings (SSSR count). The van der Waals surface area contributed by atoms with Crippen LogP contribution in [0.2, 0.25) is 2.45 Å². The molecule has 0 atom stereocenters. The molecule has 138 valence electrons. The Bertz CT molecular complexity index is 785. The Balaban J connectivity index is 0.00000225. The van der Waals surface area contributed by atoms with Gasteiger partial charge in [-0.3, -0.25) is 0 Å². The average Bonchev–Trinajstić information content (AvgIpc) is 2.77. The Morgan fingerprint density at radius 1 is 0.357 bits per heavy atom. The van der Waals surface area contributed by atoms with Crippen LogP contribution in [0.5, 0.6) is 0 Å². The van der Waals surface area contributed by atoms with E-state index in [1.165, 1.54) is 2.45 Å². The van der Waals surface area contributed by atoms with E-state index < -0.39 is 39.5 Å². The minimum absolute atomic E-state index is 0. The second kappa shape index (κ2) is 10.8. The topological polar surface area (TPSA) is 33.0 Å². The molecule has 0 saturated heterocycles. The zero-order valence-corrected chi connectivity index (χ0v) is 21.5. The second-order valence-electron chi connectivity index (χ2n) is 6.60. The van der Waals surface area contributed by atoms with Crippen molar-refractivity contribution < 1.29 is 5.48 Å². The summed E-state index contributed by atoms with van der Waals surface area (Å²) < 4.78 is 7.92. The summed E-state index contributed by atoms with van der Waals surface area (Å²) in [5, 5.41) is 0. The summed E-state index contributed by atoms with van der Waals surface area (Å²) in [5.74, 6) is 0. The number of benzene rings is 4. The Kier molecular flexibility index (Phi) is 8.19. The van der Waals surface area contributed by atoms with E-state index in [1.54, 1.807) is 14.3 Å². The number of hydrogen-bond acceptors (Lipinski definition) is 0. The van der Waals surface area contributed by atoms with Gasteiger partial charge in [-0.1, -0.05) is 0 Å². The normalized spacial score (nSPS) is 10.6. The third kappa shape index (κ3) is 5.28. The fraction of sp³-hybridized carbons (Fsp3) is 0.0400. The van der Waals surface area contributed by atoms with E-state index in [0.717, 1.165) is 0 Å². The van der Waals surface area contributed by atoms with E-state index in [2.05, 4.69) is 121 Å². The fourth-order valence-electron chi connectivity index (χ4n) is 3.48. The van der Waals surface area contributed by atoms with Gasteiger partial charge in [0, 0.05) is 0 Å². The van der Waals surface area contributed by atoms with Crippen molar-refractivity contribution in [2.45, 2.75) is 2.45 Å². The van der Waals surface area contributed by atoms with Crippen LogP contribution in [-0.2, 0) is 5.48 Å². The van der Waals surface area contributed by atoms with Crippen LogP contribution in [0.3, 0.4) is 0 Å². The van der Waals surface area contributed by atoms with Crippen molar-refractivity contribution in [2.24, 2.45) is 0 Å². The fourth-order valence-corrected chi connectivity index (χ4v) is 37.9. The van der Waals surface area contributed by atoms with E-state index in [-0.39, 0.29) is 5.48 Å². The predicted molar refractivity (Wildman–Crippen MR) is 125 cm³/mol. The van der Waals surface area contributed by atoms with E-state index in [9.17, 15) is 0 Å². The second-order valence-corrected chi connectivity index (χ2v) is 26.4. The Labute approximate surface area is 181 Å². The van der Waals surface area contributed by atoms with E-state index in [4.69, 9.17) is 0 Å². The summed E-state index contributed by atoms with van der Waals surface area (Å²) >= 11 is -3.94. The molecule has 0 aliphatic rings. The quantitative estimate of drug-likeness (QED) is 0.249. The first-order chi connectivity index (χ1) is 13.4. The van der Waals surface area contributed by atoms with Crippen molar-refractivity contribution in [1.29, 1.82) is 0 Å². The van der Waals surface area contributed by atoms with Crippen LogP contribution in [0.25, 0.3) is 0 Å². The average molecular weight is 579 g/mol. The van der Waals surface area contributed by atoms with Crippen LogP contribution in [0.15, 0.2) is 121 Å². The Morgan fingerprint density at radius 3 is 0.786 bits per heavy atom. The van der Waals surface area contributed by atoms with Crippen molar-refractivity contribution in [3.05, 3.63) is 121 Å². The molecule has 0 aliphatic carbocycles. The molecule has 0 unspecified atom stereocenters. The molecule has 4 aromatic carbocycles. The van der Waals surface area contributed by atoms with Gasteiger partial charge < -0.3 is 5.48 Å². The van der Waals surface area contributed by atoms with Gasteiger partial charge in [0.05, 0.1) is 0 Å². The van der Waals surface area contributed by atoms with Crippen LogP contribution in [0.4, 0.5) is 0 Å². The predicted octanol–water partition coefficient (Wildman–Crippen LogP) is 2.22. The molecule has 0 amide bonds. The first-order valence-corrected chi connectivity index (χ1v) is 19.1. The van der Waals surface area contributed by atoms with Crippen molar-refractivity contribution in [2.75, 3.05) is 0 Å². The molecule has 0 spiro atoms. The molecule has 0 fully saturated rings. The summed E-state index contributed by atoms with van der Waals surface area (Å²) in [6, 6.07) is 45.3. The Morgan fingerprint density at radius 2 is 0.571 bits per heavy atom. The molecular weight excluding hydrogens is 554 g/mol. The van der Waals surface area contributed by atoms with Crippen LogP contribution in [0.1, 0.15) is 0 Å². The summed E-state index contributed by atoms with van der Waals surface area (Å²) in [4.78, 5) is 0. The molecule has 28 heavy (non-hydrogen) atoms. The van der Waals surface area contributed by atoms with Gasteiger partial charge in [0.25, 0.3) is 0 Å². The van der Waals surface area contributed by atoms with Gasteiger partial charge in [-0.25, -0.2) is 0 Å². The van der Waals surface area contributed by atoms with Crippen LogP contribution >= 0.6 is 0 Å². The molecule has 1 nitrogen and oxygen atoms in total. The number of hydrogen-bond donors (Lipinski definition) is 0. The molecule has 3 heteroatoms. The van der Waals surface area contributed by atoms with E-state index in [0.29, 0.717) is 0 Å². The molecule has 0 saturated carbocycles. The third-order valence-electron chi connectivity index (χ3n) is 4.84. The molecule has 2 radical (unpaired) electrons. The standard InChI is InChI=1S/4C6H5.CH2.H2O.2Sn/c4*1-2-4-6-5-3-1;;;;/h4*1-5H;2*1H2;;/p+1. The van der Waals surface area contributed by atoms with Gasteiger partial charge >= 0.3 is 178 Å². The molecule has 3 N–H and O–H groups in total. The first kappa shape index (κ1) is 21.2. The summed E-state index contributed by atoms with van der Waals surface area (Å²) in [7, 11) is 0. The van der Waals surface area contributed by atoms with Gasteiger partial charge in [0.2, 0.25) is 0 Å². The molecule has 4 aromatic rings. The third-order valence-corrected chi connectivity index (χ3v) is 32.2. The van der Waals surface area contributed by atoms with Crippen molar-refractivity contribution in [1.82, 2.24) is 0 Å². The monoisotopic (exact) mass is 581 g/mol. The van der Waals surface area contributed by atoms with Crippen LogP contribution < -0.4 is 14.3 Å². The molecule has 0 aliphatic heterocycles. The van der Waals surface area contributed by atoms with E-state index in [1.807, 2.05) is 0 Å². The zero-order chi connectivity index (χ0) is 18.3. The number of rotatable bonds is 6. The van der Waals surface area contributed by atoms with Gasteiger partial charge in [-0.2, -0.15) is 0 Å². The van der Waals surface area contributed by atoms with Crippen molar-refractivity contribution >= 4 is 53.8 Å². The van der Waals surface area contributed by atoms with Gasteiger partial charge in [0.15, 0.2) is 0 Å². The summed E-state index contributed by atoms with van der Waals surface area (Å²) in [6.45, 7) is 0. The van der Waals surface area contributed by atoms with Gasteiger partial charge in [-0.05, 0) is 0 Å². The van der Waals surface area contributed by atoms with Crippen molar-refractivity contribution in [3.8, 4) is 0 Å². The van der Waals surface area contributed by atoms with Crippen LogP contribution in [-0.4, -0.2) is 39.5 Å². The molecule has 0 heterocycles. The van der Waals surface area contributed by atoms with Gasteiger partial charge in [0.1, 0.15) is 0 Å².